The molecule has 0 atom stereocenters. The summed E-state index contributed by atoms with van der Waals surface area (Å²) in [5.41, 5.74) is 2.45. The molecular formula is C9H13BrN2O2S. The van der Waals surface area contributed by atoms with Gasteiger partial charge >= 0.3 is 0 Å². The van der Waals surface area contributed by atoms with Gasteiger partial charge in [-0.1, -0.05) is 15.9 Å². The van der Waals surface area contributed by atoms with E-state index >= 15 is 0 Å². The third kappa shape index (κ3) is 4.27. The Balaban J connectivity index is 2.22. The van der Waals surface area contributed by atoms with Gasteiger partial charge in [-0.15, -0.1) is 11.3 Å². The molecule has 0 aliphatic heterocycles. The Labute approximate surface area is 101 Å². The van der Waals surface area contributed by atoms with Gasteiger partial charge in [-0.3, -0.25) is 4.79 Å². The van der Waals surface area contributed by atoms with E-state index in [0.29, 0.717) is 24.6 Å². The number of halogens is 1. The van der Waals surface area contributed by atoms with E-state index in [4.69, 9.17) is 4.74 Å². The van der Waals surface area contributed by atoms with E-state index in [0.717, 1.165) is 11.0 Å². The quantitative estimate of drug-likeness (QED) is 0.640. The number of ether oxygens (including phenoxy) is 1. The number of rotatable bonds is 6. The summed E-state index contributed by atoms with van der Waals surface area (Å²) in [6, 6.07) is 0. The maximum absolute atomic E-state index is 11.6. The average Bonchev–Trinajstić information content (AvgIpc) is 2.64. The van der Waals surface area contributed by atoms with Crippen molar-refractivity contribution in [2.45, 2.75) is 6.92 Å². The number of carbonyl (C=O) groups excluding carboxylic acids is 1. The van der Waals surface area contributed by atoms with Crippen molar-refractivity contribution < 1.29 is 9.53 Å². The van der Waals surface area contributed by atoms with Crippen molar-refractivity contribution in [2.75, 3.05) is 25.1 Å². The maximum atomic E-state index is 11.6. The third-order valence-corrected chi connectivity index (χ3v) is 2.96. The fourth-order valence-corrected chi connectivity index (χ4v) is 1.94. The number of thiazole rings is 1. The highest BCUT2D eigenvalue weighted by Gasteiger charge is 2.10. The number of hydrogen-bond acceptors (Lipinski definition) is 4. The van der Waals surface area contributed by atoms with Gasteiger partial charge in [0, 0.05) is 11.9 Å². The molecule has 1 amide bonds. The highest BCUT2D eigenvalue weighted by atomic mass is 79.9. The van der Waals surface area contributed by atoms with Crippen LogP contribution in [0.5, 0.6) is 0 Å². The molecule has 0 aliphatic rings. The molecule has 0 radical (unpaired) electrons. The lowest BCUT2D eigenvalue weighted by atomic mass is 10.4. The Morgan fingerprint density at radius 2 is 2.47 bits per heavy atom. The van der Waals surface area contributed by atoms with Gasteiger partial charge in [-0.05, 0) is 6.92 Å². The Morgan fingerprint density at radius 1 is 1.67 bits per heavy atom. The maximum Gasteiger partial charge on any atom is 0.263 e. The van der Waals surface area contributed by atoms with Gasteiger partial charge < -0.3 is 10.1 Å². The van der Waals surface area contributed by atoms with E-state index in [-0.39, 0.29) is 5.91 Å². The second kappa shape index (κ2) is 6.92. The number of nitrogens with one attached hydrogen (secondary N) is 1. The summed E-state index contributed by atoms with van der Waals surface area (Å²) in [5.74, 6) is -0.0718. The van der Waals surface area contributed by atoms with Crippen LogP contribution in [-0.2, 0) is 4.74 Å². The molecule has 1 heterocycles. The molecule has 0 saturated heterocycles. The fraction of sp³-hybridized carbons (Fsp3) is 0.556. The van der Waals surface area contributed by atoms with Gasteiger partial charge in [0.1, 0.15) is 4.88 Å². The van der Waals surface area contributed by atoms with E-state index in [2.05, 4.69) is 26.2 Å². The zero-order valence-corrected chi connectivity index (χ0v) is 10.9. The standard InChI is InChI=1S/C9H13BrN2O2S/c1-7-8(15-6-12-7)9(13)11-3-5-14-4-2-10/h6H,2-5H2,1H3,(H,11,13). The number of aryl methyl sites for hydroxylation is 1. The first kappa shape index (κ1) is 12.6. The summed E-state index contributed by atoms with van der Waals surface area (Å²) in [6.07, 6.45) is 0. The van der Waals surface area contributed by atoms with E-state index in [1.165, 1.54) is 11.3 Å². The van der Waals surface area contributed by atoms with Gasteiger partial charge in [-0.25, -0.2) is 4.98 Å². The number of alkyl halides is 1. The minimum absolute atomic E-state index is 0.0718. The number of nitrogens with zero attached hydrogens (tertiary/aromatic N) is 1. The van der Waals surface area contributed by atoms with Crippen molar-refractivity contribution >= 4 is 33.2 Å². The molecule has 1 N–H and O–H groups in total. The number of hydrogen-bond donors (Lipinski definition) is 1. The Morgan fingerprint density at radius 3 is 3.07 bits per heavy atom. The average molecular weight is 293 g/mol. The minimum atomic E-state index is -0.0718. The first-order valence-electron chi connectivity index (χ1n) is 4.57. The summed E-state index contributed by atoms with van der Waals surface area (Å²) in [6.45, 7) is 3.56. The lowest BCUT2D eigenvalue weighted by Crippen LogP contribution is -2.27. The molecule has 1 rings (SSSR count). The smallest absolute Gasteiger partial charge is 0.263 e. The first-order chi connectivity index (χ1) is 7.25. The molecule has 15 heavy (non-hydrogen) atoms. The van der Waals surface area contributed by atoms with Crippen LogP contribution >= 0.6 is 27.3 Å². The summed E-state index contributed by atoms with van der Waals surface area (Å²) in [5, 5.41) is 3.59. The van der Waals surface area contributed by atoms with Crippen LogP contribution < -0.4 is 5.32 Å². The summed E-state index contributed by atoms with van der Waals surface area (Å²) in [4.78, 5) is 16.2. The van der Waals surface area contributed by atoms with Gasteiger partial charge in [0.2, 0.25) is 0 Å². The van der Waals surface area contributed by atoms with Crippen LogP contribution in [-0.4, -0.2) is 36.0 Å². The molecule has 0 aliphatic carbocycles. The molecule has 84 valence electrons. The monoisotopic (exact) mass is 292 g/mol. The molecule has 0 saturated carbocycles. The molecular weight excluding hydrogens is 280 g/mol. The lowest BCUT2D eigenvalue weighted by Gasteiger charge is -2.04. The highest BCUT2D eigenvalue weighted by molar-refractivity contribution is 9.09. The molecule has 4 nitrogen and oxygen atoms in total. The van der Waals surface area contributed by atoms with Crippen LogP contribution in [0.25, 0.3) is 0 Å². The normalized spacial score (nSPS) is 10.3. The zero-order chi connectivity index (χ0) is 11.1. The summed E-state index contributed by atoms with van der Waals surface area (Å²) in [7, 11) is 0. The van der Waals surface area contributed by atoms with Gasteiger partial charge in [0.15, 0.2) is 0 Å². The van der Waals surface area contributed by atoms with E-state index < -0.39 is 0 Å². The van der Waals surface area contributed by atoms with E-state index in [1.54, 1.807) is 5.51 Å². The SMILES string of the molecule is Cc1ncsc1C(=O)NCCOCCBr. The summed E-state index contributed by atoms with van der Waals surface area (Å²) >= 11 is 4.61. The van der Waals surface area contributed by atoms with Crippen LogP contribution in [0.4, 0.5) is 0 Å². The first-order valence-corrected chi connectivity index (χ1v) is 6.58. The van der Waals surface area contributed by atoms with Crippen molar-refractivity contribution in [1.29, 1.82) is 0 Å². The summed E-state index contributed by atoms with van der Waals surface area (Å²) < 4.78 is 5.21. The topological polar surface area (TPSA) is 51.2 Å². The van der Waals surface area contributed by atoms with Crippen molar-refractivity contribution in [1.82, 2.24) is 10.3 Å². The second-order valence-electron chi connectivity index (χ2n) is 2.82. The second-order valence-corrected chi connectivity index (χ2v) is 4.47. The van der Waals surface area contributed by atoms with Crippen molar-refractivity contribution in [3.63, 3.8) is 0 Å². The number of amides is 1. The van der Waals surface area contributed by atoms with Gasteiger partial charge in [0.05, 0.1) is 24.4 Å². The van der Waals surface area contributed by atoms with Crippen LogP contribution in [0, 0.1) is 6.92 Å². The van der Waals surface area contributed by atoms with Gasteiger partial charge in [-0.2, -0.15) is 0 Å². The number of aromatic nitrogens is 1. The minimum Gasteiger partial charge on any atom is -0.379 e. The molecule has 1 aromatic heterocycles. The Bertz CT molecular complexity index is 317. The lowest BCUT2D eigenvalue weighted by molar-refractivity contribution is 0.0927. The molecule has 0 fully saturated rings. The highest BCUT2D eigenvalue weighted by Crippen LogP contribution is 2.11. The van der Waals surface area contributed by atoms with Crippen molar-refractivity contribution in [3.8, 4) is 0 Å². The predicted molar refractivity (Wildman–Crippen MR) is 63.8 cm³/mol. The van der Waals surface area contributed by atoms with Crippen LogP contribution in [0.1, 0.15) is 15.4 Å². The molecule has 1 aromatic rings. The largest absolute Gasteiger partial charge is 0.379 e. The molecule has 0 aromatic carbocycles. The van der Waals surface area contributed by atoms with Crippen LogP contribution in [0.2, 0.25) is 0 Å². The molecule has 6 heteroatoms. The van der Waals surface area contributed by atoms with Crippen LogP contribution in [0.15, 0.2) is 5.51 Å². The van der Waals surface area contributed by atoms with Crippen LogP contribution in [0.3, 0.4) is 0 Å². The van der Waals surface area contributed by atoms with E-state index in [1.807, 2.05) is 6.92 Å². The fourth-order valence-electron chi connectivity index (χ4n) is 0.993. The predicted octanol–water partition coefficient (Wildman–Crippen LogP) is 1.59. The zero-order valence-electron chi connectivity index (χ0n) is 8.46. The molecule has 0 bridgehead atoms. The van der Waals surface area contributed by atoms with E-state index in [9.17, 15) is 4.79 Å². The van der Waals surface area contributed by atoms with Gasteiger partial charge in [0.25, 0.3) is 5.91 Å². The Kier molecular flexibility index (Phi) is 5.82. The molecule has 0 spiro atoms. The number of carbonyl (C=O) groups is 1. The van der Waals surface area contributed by atoms with Crippen molar-refractivity contribution in [3.05, 3.63) is 16.1 Å². The molecule has 0 unspecified atom stereocenters. The third-order valence-electron chi connectivity index (χ3n) is 1.71. The Hall–Kier alpha value is -0.460. The van der Waals surface area contributed by atoms with Crippen molar-refractivity contribution in [2.24, 2.45) is 0 Å².